The fraction of sp³-hybridized carbons (Fsp3) is 0.267. The van der Waals surface area contributed by atoms with Gasteiger partial charge in [0, 0.05) is 22.8 Å². The molecule has 18 heavy (non-hydrogen) atoms. The summed E-state index contributed by atoms with van der Waals surface area (Å²) in [6, 6.07) is 11.7. The van der Waals surface area contributed by atoms with Gasteiger partial charge in [0.15, 0.2) is 0 Å². The molecule has 0 spiro atoms. The summed E-state index contributed by atoms with van der Waals surface area (Å²) in [6.45, 7) is 3.85. The zero-order valence-electron chi connectivity index (χ0n) is 10.5. The van der Waals surface area contributed by atoms with Gasteiger partial charge < -0.3 is 5.11 Å². The molecule has 2 aromatic rings. The van der Waals surface area contributed by atoms with Gasteiger partial charge >= 0.3 is 0 Å². The standard InChI is InChI=1S/C15H16BrNO/c1-11(12-8-14(16)10-17-9-12)15(2,18)13-6-4-3-5-7-13/h3-11,18H,1-2H3/t11-,15+/m1/s1. The number of aliphatic hydroxyl groups is 1. The maximum atomic E-state index is 10.8. The summed E-state index contributed by atoms with van der Waals surface area (Å²) in [5.74, 6) is -0.0371. The normalized spacial score (nSPS) is 16.0. The van der Waals surface area contributed by atoms with Crippen molar-refractivity contribution < 1.29 is 5.11 Å². The van der Waals surface area contributed by atoms with Gasteiger partial charge in [0.05, 0.1) is 5.60 Å². The number of aromatic nitrogens is 1. The molecule has 1 aromatic heterocycles. The van der Waals surface area contributed by atoms with Gasteiger partial charge in [-0.2, -0.15) is 0 Å². The average molecular weight is 306 g/mol. The van der Waals surface area contributed by atoms with Crippen LogP contribution in [0.25, 0.3) is 0 Å². The van der Waals surface area contributed by atoms with E-state index in [0.717, 1.165) is 15.6 Å². The Kier molecular flexibility index (Phi) is 3.83. The molecule has 0 saturated heterocycles. The topological polar surface area (TPSA) is 33.1 Å². The predicted molar refractivity (Wildman–Crippen MR) is 76.4 cm³/mol. The van der Waals surface area contributed by atoms with E-state index in [1.165, 1.54) is 0 Å². The lowest BCUT2D eigenvalue weighted by molar-refractivity contribution is 0.0322. The fourth-order valence-corrected chi connectivity index (χ4v) is 2.40. The first-order chi connectivity index (χ1) is 8.51. The molecule has 0 unspecified atom stereocenters. The highest BCUT2D eigenvalue weighted by molar-refractivity contribution is 9.10. The number of pyridine rings is 1. The molecule has 0 saturated carbocycles. The van der Waals surface area contributed by atoms with Crippen LogP contribution in [0.5, 0.6) is 0 Å². The number of halogens is 1. The van der Waals surface area contributed by atoms with Gasteiger partial charge in [-0.25, -0.2) is 0 Å². The summed E-state index contributed by atoms with van der Waals surface area (Å²) >= 11 is 3.41. The van der Waals surface area contributed by atoms with E-state index in [-0.39, 0.29) is 5.92 Å². The van der Waals surface area contributed by atoms with E-state index in [9.17, 15) is 5.11 Å². The highest BCUT2D eigenvalue weighted by Gasteiger charge is 2.31. The average Bonchev–Trinajstić information content (AvgIpc) is 2.39. The van der Waals surface area contributed by atoms with Crippen molar-refractivity contribution in [2.45, 2.75) is 25.4 Å². The maximum Gasteiger partial charge on any atom is 0.0934 e. The zero-order chi connectivity index (χ0) is 13.2. The Morgan fingerprint density at radius 2 is 1.89 bits per heavy atom. The molecule has 2 atom stereocenters. The molecule has 94 valence electrons. The van der Waals surface area contributed by atoms with E-state index in [4.69, 9.17) is 0 Å². The highest BCUT2D eigenvalue weighted by atomic mass is 79.9. The van der Waals surface area contributed by atoms with Gasteiger partial charge in [0.25, 0.3) is 0 Å². The number of hydrogen-bond acceptors (Lipinski definition) is 2. The molecular formula is C15H16BrNO. The summed E-state index contributed by atoms with van der Waals surface area (Å²) in [7, 11) is 0. The van der Waals surface area contributed by atoms with Crippen molar-refractivity contribution in [2.75, 3.05) is 0 Å². The Hall–Kier alpha value is -1.19. The van der Waals surface area contributed by atoms with Gasteiger partial charge in [0.1, 0.15) is 0 Å². The summed E-state index contributed by atoms with van der Waals surface area (Å²) in [5, 5.41) is 10.8. The number of rotatable bonds is 3. The lowest BCUT2D eigenvalue weighted by Gasteiger charge is -2.31. The van der Waals surface area contributed by atoms with Crippen LogP contribution in [0.1, 0.15) is 30.9 Å². The Balaban J connectivity index is 2.36. The molecule has 1 aromatic carbocycles. The first kappa shape index (κ1) is 13.2. The van der Waals surface area contributed by atoms with E-state index >= 15 is 0 Å². The summed E-state index contributed by atoms with van der Waals surface area (Å²) < 4.78 is 0.927. The van der Waals surface area contributed by atoms with Crippen molar-refractivity contribution >= 4 is 15.9 Å². The quantitative estimate of drug-likeness (QED) is 0.934. The van der Waals surface area contributed by atoms with Crippen molar-refractivity contribution in [1.29, 1.82) is 0 Å². The summed E-state index contributed by atoms with van der Waals surface area (Å²) in [4.78, 5) is 4.15. The van der Waals surface area contributed by atoms with Crippen LogP contribution in [-0.4, -0.2) is 10.1 Å². The third kappa shape index (κ3) is 2.62. The molecule has 1 heterocycles. The van der Waals surface area contributed by atoms with Crippen LogP contribution in [0.2, 0.25) is 0 Å². The lowest BCUT2D eigenvalue weighted by Crippen LogP contribution is -2.28. The maximum absolute atomic E-state index is 10.8. The molecule has 2 rings (SSSR count). The van der Waals surface area contributed by atoms with Crippen LogP contribution in [-0.2, 0) is 5.60 Å². The highest BCUT2D eigenvalue weighted by Crippen LogP contribution is 2.36. The van der Waals surface area contributed by atoms with Crippen molar-refractivity contribution in [3.63, 3.8) is 0 Å². The van der Waals surface area contributed by atoms with Crippen molar-refractivity contribution in [1.82, 2.24) is 4.98 Å². The van der Waals surface area contributed by atoms with Crippen molar-refractivity contribution in [2.24, 2.45) is 0 Å². The smallest absolute Gasteiger partial charge is 0.0934 e. The number of benzene rings is 1. The van der Waals surface area contributed by atoms with E-state index in [0.29, 0.717) is 0 Å². The fourth-order valence-electron chi connectivity index (χ4n) is 2.02. The monoisotopic (exact) mass is 305 g/mol. The lowest BCUT2D eigenvalue weighted by atomic mass is 9.80. The van der Waals surface area contributed by atoms with Crippen LogP contribution in [0.3, 0.4) is 0 Å². The van der Waals surface area contributed by atoms with E-state index in [2.05, 4.69) is 20.9 Å². The number of nitrogens with zero attached hydrogens (tertiary/aromatic N) is 1. The van der Waals surface area contributed by atoms with Crippen molar-refractivity contribution in [3.05, 3.63) is 64.4 Å². The minimum atomic E-state index is -0.913. The third-order valence-electron chi connectivity index (χ3n) is 3.43. The van der Waals surface area contributed by atoms with Gasteiger partial charge in [0.2, 0.25) is 0 Å². The molecule has 0 amide bonds. The second kappa shape index (κ2) is 5.21. The van der Waals surface area contributed by atoms with E-state index in [1.807, 2.05) is 50.2 Å². The largest absolute Gasteiger partial charge is 0.385 e. The van der Waals surface area contributed by atoms with E-state index in [1.54, 1.807) is 12.4 Å². The van der Waals surface area contributed by atoms with Gasteiger partial charge in [-0.3, -0.25) is 4.98 Å². The Bertz CT molecular complexity index is 525. The third-order valence-corrected chi connectivity index (χ3v) is 3.86. The minimum absolute atomic E-state index is 0.0371. The SMILES string of the molecule is C[C@H](c1cncc(Br)c1)[C@](C)(O)c1ccccc1. The second-order valence-corrected chi connectivity index (χ2v) is 5.59. The van der Waals surface area contributed by atoms with Crippen molar-refractivity contribution in [3.8, 4) is 0 Å². The molecule has 0 bridgehead atoms. The van der Waals surface area contributed by atoms with Gasteiger partial charge in [-0.05, 0) is 40.0 Å². The molecular weight excluding hydrogens is 290 g/mol. The summed E-state index contributed by atoms with van der Waals surface area (Å²) in [6.07, 6.45) is 3.54. The van der Waals surface area contributed by atoms with Crippen LogP contribution < -0.4 is 0 Å². The first-order valence-electron chi connectivity index (χ1n) is 5.90. The Labute approximate surface area is 116 Å². The second-order valence-electron chi connectivity index (χ2n) is 4.67. The molecule has 0 aliphatic rings. The molecule has 0 radical (unpaired) electrons. The first-order valence-corrected chi connectivity index (χ1v) is 6.69. The molecule has 2 nitrogen and oxygen atoms in total. The Morgan fingerprint density at radius 3 is 2.50 bits per heavy atom. The Morgan fingerprint density at radius 1 is 1.22 bits per heavy atom. The molecule has 0 aliphatic heterocycles. The number of hydrogen-bond donors (Lipinski definition) is 1. The molecule has 0 aliphatic carbocycles. The summed E-state index contributed by atoms with van der Waals surface area (Å²) in [5.41, 5.74) is 1.01. The molecule has 1 N–H and O–H groups in total. The molecule has 3 heteroatoms. The molecule has 0 fully saturated rings. The zero-order valence-corrected chi connectivity index (χ0v) is 12.1. The van der Waals surface area contributed by atoms with Crippen LogP contribution in [0, 0.1) is 0 Å². The van der Waals surface area contributed by atoms with Crippen LogP contribution >= 0.6 is 15.9 Å². The van der Waals surface area contributed by atoms with Crippen LogP contribution in [0.4, 0.5) is 0 Å². The van der Waals surface area contributed by atoms with Crippen LogP contribution in [0.15, 0.2) is 53.3 Å². The predicted octanol–water partition coefficient (Wildman–Crippen LogP) is 3.86. The van der Waals surface area contributed by atoms with Gasteiger partial charge in [-0.15, -0.1) is 0 Å². The minimum Gasteiger partial charge on any atom is -0.385 e. The van der Waals surface area contributed by atoms with E-state index < -0.39 is 5.60 Å². The van der Waals surface area contributed by atoms with Gasteiger partial charge in [-0.1, -0.05) is 37.3 Å².